The van der Waals surface area contributed by atoms with E-state index in [2.05, 4.69) is 24.5 Å². The quantitative estimate of drug-likeness (QED) is 0.775. The van der Waals surface area contributed by atoms with E-state index < -0.39 is 0 Å². The lowest BCUT2D eigenvalue weighted by Gasteiger charge is -2.36. The van der Waals surface area contributed by atoms with Gasteiger partial charge in [0.25, 0.3) is 0 Å². The fraction of sp³-hybridized carbons (Fsp3) is 0.933. The van der Waals surface area contributed by atoms with Crippen molar-refractivity contribution in [1.29, 1.82) is 0 Å². The van der Waals surface area contributed by atoms with Gasteiger partial charge in [0.05, 0.1) is 0 Å². The molecular formula is C15H28N2O. The average Bonchev–Trinajstić information content (AvgIpc) is 2.28. The molecule has 0 aromatic rings. The van der Waals surface area contributed by atoms with Crippen LogP contribution in [-0.4, -0.2) is 18.1 Å². The fourth-order valence-corrected chi connectivity index (χ4v) is 3.48. The first kappa shape index (κ1) is 13.7. The van der Waals surface area contributed by atoms with E-state index in [0.29, 0.717) is 17.5 Å². The van der Waals surface area contributed by atoms with Gasteiger partial charge in [-0.25, -0.2) is 4.79 Å². The van der Waals surface area contributed by atoms with Crippen LogP contribution in [0.5, 0.6) is 0 Å². The summed E-state index contributed by atoms with van der Waals surface area (Å²) in [5.41, 5.74) is 0.390. The lowest BCUT2D eigenvalue weighted by molar-refractivity contribution is 0.189. The zero-order valence-electron chi connectivity index (χ0n) is 11.9. The Labute approximate surface area is 111 Å². The van der Waals surface area contributed by atoms with Crippen molar-refractivity contribution in [3.8, 4) is 0 Å². The first-order chi connectivity index (χ1) is 8.55. The minimum Gasteiger partial charge on any atom is -0.335 e. The van der Waals surface area contributed by atoms with Crippen LogP contribution in [0.3, 0.4) is 0 Å². The predicted octanol–water partition coefficient (Wildman–Crippen LogP) is 3.59. The first-order valence-electron chi connectivity index (χ1n) is 7.62. The number of nitrogens with one attached hydrogen (secondary N) is 2. The Morgan fingerprint density at radius 2 is 1.56 bits per heavy atom. The molecule has 2 aliphatic carbocycles. The van der Waals surface area contributed by atoms with E-state index in [1.165, 1.54) is 32.1 Å². The van der Waals surface area contributed by atoms with Crippen molar-refractivity contribution >= 4 is 6.03 Å². The second-order valence-electron chi connectivity index (χ2n) is 6.91. The lowest BCUT2D eigenvalue weighted by atomic mass is 9.75. The third-order valence-electron chi connectivity index (χ3n) is 4.48. The molecule has 2 fully saturated rings. The molecule has 104 valence electrons. The monoisotopic (exact) mass is 252 g/mol. The topological polar surface area (TPSA) is 41.1 Å². The molecule has 18 heavy (non-hydrogen) atoms. The zero-order chi connectivity index (χ0) is 13.0. The Kier molecular flexibility index (Phi) is 4.52. The molecular weight excluding hydrogens is 224 g/mol. The van der Waals surface area contributed by atoms with Gasteiger partial charge in [0.1, 0.15) is 0 Å². The molecule has 0 saturated heterocycles. The molecule has 0 aliphatic heterocycles. The van der Waals surface area contributed by atoms with Crippen molar-refractivity contribution in [2.75, 3.05) is 0 Å². The van der Waals surface area contributed by atoms with Crippen molar-refractivity contribution in [2.45, 2.75) is 83.7 Å². The van der Waals surface area contributed by atoms with Gasteiger partial charge >= 0.3 is 6.03 Å². The molecule has 1 atom stereocenters. The summed E-state index contributed by atoms with van der Waals surface area (Å²) in [7, 11) is 0. The maximum absolute atomic E-state index is 12.0. The number of urea groups is 1. The molecule has 0 heterocycles. The number of carbonyl (C=O) groups excluding carboxylic acids is 1. The molecule has 2 aliphatic rings. The van der Waals surface area contributed by atoms with E-state index in [4.69, 9.17) is 0 Å². The maximum atomic E-state index is 12.0. The Bertz CT molecular complexity index is 282. The van der Waals surface area contributed by atoms with Crippen LogP contribution in [0.15, 0.2) is 0 Å². The van der Waals surface area contributed by atoms with Gasteiger partial charge in [-0.1, -0.05) is 39.5 Å². The van der Waals surface area contributed by atoms with Gasteiger partial charge in [-0.3, -0.25) is 0 Å². The van der Waals surface area contributed by atoms with E-state index in [-0.39, 0.29) is 6.03 Å². The summed E-state index contributed by atoms with van der Waals surface area (Å²) in [6, 6.07) is 0.845. The van der Waals surface area contributed by atoms with Crippen molar-refractivity contribution in [3.05, 3.63) is 0 Å². The van der Waals surface area contributed by atoms with Gasteiger partial charge < -0.3 is 10.6 Å². The number of amides is 2. The third kappa shape index (κ3) is 4.18. The predicted molar refractivity (Wildman–Crippen MR) is 74.6 cm³/mol. The average molecular weight is 252 g/mol. The van der Waals surface area contributed by atoms with E-state index in [9.17, 15) is 4.79 Å². The van der Waals surface area contributed by atoms with Gasteiger partial charge in [-0.05, 0) is 37.5 Å². The van der Waals surface area contributed by atoms with Gasteiger partial charge in [0.15, 0.2) is 0 Å². The fourth-order valence-electron chi connectivity index (χ4n) is 3.48. The van der Waals surface area contributed by atoms with Crippen LogP contribution < -0.4 is 10.6 Å². The molecule has 2 amide bonds. The molecule has 0 aromatic heterocycles. The highest BCUT2D eigenvalue weighted by Crippen LogP contribution is 2.35. The molecule has 0 spiro atoms. The Balaban J connectivity index is 1.73. The standard InChI is InChI=1S/C15H28N2O/c1-15(2)10-6-9-13(11-15)17-14(18)16-12-7-4-3-5-8-12/h12-13H,3-11H2,1-2H3,(H2,16,17,18). The Morgan fingerprint density at radius 1 is 0.944 bits per heavy atom. The molecule has 0 radical (unpaired) electrons. The van der Waals surface area contributed by atoms with Crippen LogP contribution in [0, 0.1) is 5.41 Å². The lowest BCUT2D eigenvalue weighted by Crippen LogP contribution is -2.48. The van der Waals surface area contributed by atoms with Crippen molar-refractivity contribution < 1.29 is 4.79 Å². The van der Waals surface area contributed by atoms with E-state index >= 15 is 0 Å². The minimum absolute atomic E-state index is 0.0598. The highest BCUT2D eigenvalue weighted by Gasteiger charge is 2.29. The van der Waals surface area contributed by atoms with Crippen LogP contribution >= 0.6 is 0 Å². The summed E-state index contributed by atoms with van der Waals surface area (Å²) in [4.78, 5) is 12.0. The molecule has 2 saturated carbocycles. The van der Waals surface area contributed by atoms with Crippen LogP contribution in [0.4, 0.5) is 4.79 Å². The van der Waals surface area contributed by atoms with Gasteiger partial charge in [-0.15, -0.1) is 0 Å². The second-order valence-corrected chi connectivity index (χ2v) is 6.91. The van der Waals surface area contributed by atoms with Crippen LogP contribution in [0.2, 0.25) is 0 Å². The van der Waals surface area contributed by atoms with Gasteiger partial charge in [0.2, 0.25) is 0 Å². The zero-order valence-corrected chi connectivity index (χ0v) is 11.9. The Morgan fingerprint density at radius 3 is 2.22 bits per heavy atom. The maximum Gasteiger partial charge on any atom is 0.315 e. The van der Waals surface area contributed by atoms with Crippen molar-refractivity contribution in [3.63, 3.8) is 0 Å². The van der Waals surface area contributed by atoms with Crippen molar-refractivity contribution in [1.82, 2.24) is 10.6 Å². The van der Waals surface area contributed by atoms with Gasteiger partial charge in [-0.2, -0.15) is 0 Å². The molecule has 3 heteroatoms. The largest absolute Gasteiger partial charge is 0.335 e. The molecule has 2 N–H and O–H groups in total. The van der Waals surface area contributed by atoms with Crippen LogP contribution in [0.1, 0.15) is 71.6 Å². The summed E-state index contributed by atoms with van der Waals surface area (Å²) < 4.78 is 0. The molecule has 2 rings (SSSR count). The summed E-state index contributed by atoms with van der Waals surface area (Å²) in [5.74, 6) is 0. The van der Waals surface area contributed by atoms with Crippen molar-refractivity contribution in [2.24, 2.45) is 5.41 Å². The molecule has 0 aromatic carbocycles. The first-order valence-corrected chi connectivity index (χ1v) is 7.62. The van der Waals surface area contributed by atoms with E-state index in [1.807, 2.05) is 0 Å². The van der Waals surface area contributed by atoms with E-state index in [1.54, 1.807) is 0 Å². The third-order valence-corrected chi connectivity index (χ3v) is 4.48. The molecule has 3 nitrogen and oxygen atoms in total. The normalized spacial score (nSPS) is 28.7. The van der Waals surface area contributed by atoms with Crippen LogP contribution in [-0.2, 0) is 0 Å². The number of hydrogen-bond acceptors (Lipinski definition) is 1. The van der Waals surface area contributed by atoms with E-state index in [0.717, 1.165) is 25.7 Å². The minimum atomic E-state index is 0.0598. The molecule has 1 unspecified atom stereocenters. The SMILES string of the molecule is CC1(C)CCCC(NC(=O)NC2CCCCC2)C1. The Hall–Kier alpha value is -0.730. The summed E-state index contributed by atoms with van der Waals surface area (Å²) in [6.45, 7) is 4.61. The number of rotatable bonds is 2. The summed E-state index contributed by atoms with van der Waals surface area (Å²) in [6.07, 6.45) is 11.0. The summed E-state index contributed by atoms with van der Waals surface area (Å²) in [5, 5.41) is 6.32. The smallest absolute Gasteiger partial charge is 0.315 e. The second kappa shape index (κ2) is 5.94. The number of carbonyl (C=O) groups is 1. The highest BCUT2D eigenvalue weighted by molar-refractivity contribution is 5.74. The number of hydrogen-bond donors (Lipinski definition) is 2. The van der Waals surface area contributed by atoms with Crippen LogP contribution in [0.25, 0.3) is 0 Å². The highest BCUT2D eigenvalue weighted by atomic mass is 16.2. The van der Waals surface area contributed by atoms with Gasteiger partial charge in [0, 0.05) is 12.1 Å². The molecule has 0 bridgehead atoms. The summed E-state index contributed by atoms with van der Waals surface area (Å²) >= 11 is 0.